The van der Waals surface area contributed by atoms with E-state index in [1.54, 1.807) is 0 Å². The quantitative estimate of drug-likeness (QED) is 0.176. The maximum atomic E-state index is 6.60. The molecule has 2 aliphatic rings. The van der Waals surface area contributed by atoms with Crippen molar-refractivity contribution in [2.24, 2.45) is 0 Å². The lowest BCUT2D eigenvalue weighted by Crippen LogP contribution is -2.36. The molecule has 3 nitrogen and oxygen atoms in total. The van der Waals surface area contributed by atoms with Crippen molar-refractivity contribution >= 4 is 83.3 Å². The molecule has 294 valence electrons. The van der Waals surface area contributed by atoms with Gasteiger partial charge in [0.1, 0.15) is 11.2 Å². The van der Waals surface area contributed by atoms with Gasteiger partial charge in [0.15, 0.2) is 0 Å². The maximum Gasteiger partial charge on any atom is 0.137 e. The zero-order valence-corrected chi connectivity index (χ0v) is 34.8. The van der Waals surface area contributed by atoms with E-state index in [1.807, 2.05) is 17.8 Å². The molecule has 63 heavy (non-hydrogen) atoms. The average molecular weight is 821 g/mol. The zero-order valence-electron chi connectivity index (χ0n) is 34.0. The van der Waals surface area contributed by atoms with Crippen LogP contribution in [0.2, 0.25) is 0 Å². The Kier molecular flexibility index (Phi) is 7.26. The number of para-hydroxylation sites is 3. The number of furan rings is 1. The largest absolute Gasteiger partial charge is 0.456 e. The van der Waals surface area contributed by atoms with E-state index in [-0.39, 0.29) is 0 Å². The second-order valence-electron chi connectivity index (χ2n) is 16.8. The Morgan fingerprint density at radius 1 is 0.397 bits per heavy atom. The second kappa shape index (κ2) is 13.1. The van der Waals surface area contributed by atoms with Crippen molar-refractivity contribution in [3.8, 4) is 16.8 Å². The molecule has 0 fully saturated rings. The Balaban J connectivity index is 1.08. The Bertz CT molecular complexity index is 3810. The summed E-state index contributed by atoms with van der Waals surface area (Å²) in [6.07, 6.45) is 0. The van der Waals surface area contributed by atoms with Gasteiger partial charge in [0.2, 0.25) is 0 Å². The fourth-order valence-electron chi connectivity index (χ4n) is 11.1. The molecule has 0 saturated heterocycles. The molecular formula is C59H36N2OS. The van der Waals surface area contributed by atoms with Gasteiger partial charge in [-0.2, -0.15) is 0 Å². The first-order valence-corrected chi connectivity index (χ1v) is 22.4. The Morgan fingerprint density at radius 2 is 1.02 bits per heavy atom. The predicted molar refractivity (Wildman–Crippen MR) is 262 cm³/mol. The fraction of sp³-hybridized carbons (Fsp3) is 0.0169. The number of fused-ring (bicyclic) bond motifs is 14. The van der Waals surface area contributed by atoms with Crippen LogP contribution in [0.3, 0.4) is 0 Å². The first-order chi connectivity index (χ1) is 31.3. The van der Waals surface area contributed by atoms with Crippen LogP contribution >= 0.6 is 11.8 Å². The third-order valence-corrected chi connectivity index (χ3v) is 14.8. The number of aromatic nitrogens is 1. The minimum absolute atomic E-state index is 0.518. The van der Waals surface area contributed by atoms with Crippen LogP contribution < -0.4 is 4.90 Å². The number of nitrogens with zero attached hydrogens (tertiary/aromatic N) is 2. The summed E-state index contributed by atoms with van der Waals surface area (Å²) in [6.45, 7) is 0. The van der Waals surface area contributed by atoms with Crippen molar-refractivity contribution < 1.29 is 4.42 Å². The van der Waals surface area contributed by atoms with Gasteiger partial charge in [0.05, 0.1) is 22.1 Å². The van der Waals surface area contributed by atoms with Gasteiger partial charge >= 0.3 is 0 Å². The molecule has 0 bridgehead atoms. The van der Waals surface area contributed by atoms with Crippen molar-refractivity contribution in [1.82, 2.24) is 4.57 Å². The summed E-state index contributed by atoms with van der Waals surface area (Å²) in [4.78, 5) is 5.05. The normalized spacial score (nSPS) is 13.5. The smallest absolute Gasteiger partial charge is 0.137 e. The van der Waals surface area contributed by atoms with Gasteiger partial charge in [-0.15, -0.1) is 0 Å². The van der Waals surface area contributed by atoms with E-state index < -0.39 is 5.41 Å². The third kappa shape index (κ3) is 4.76. The topological polar surface area (TPSA) is 21.3 Å². The van der Waals surface area contributed by atoms with E-state index in [9.17, 15) is 0 Å². The number of rotatable bonds is 4. The standard InChI is InChI=1S/C59H36N2OS/c1-2-15-37(16-3-1)61-51-25-10-5-18-41(51)46-35-38(30-33-53(46)61)60(39-29-31-43-42-19-6-11-26-54(42)62-55(43)36-39)52-34-32-44-40-17-4-7-21-47(40)59(50-24-14-20-45(52)58(44)50)48-22-8-12-27-56(48)63-57-28-13-9-23-49(57)59/h1-36H. The SMILES string of the molecule is c1ccc(-n2c3ccccc3c3cc(N(c4ccc5c(c4)oc4ccccc45)c4ccc5c6c(cccc46)C4(c6ccccc6Sc6ccccc64)c4ccccc4-5)ccc32)cc1. The van der Waals surface area contributed by atoms with Crippen molar-refractivity contribution in [3.05, 3.63) is 241 Å². The molecule has 0 radical (unpaired) electrons. The Morgan fingerprint density at radius 3 is 1.86 bits per heavy atom. The van der Waals surface area contributed by atoms with E-state index in [0.717, 1.165) is 44.7 Å². The van der Waals surface area contributed by atoms with Crippen molar-refractivity contribution in [2.75, 3.05) is 4.90 Å². The summed E-state index contributed by atoms with van der Waals surface area (Å²) < 4.78 is 8.98. The van der Waals surface area contributed by atoms with Gasteiger partial charge in [-0.25, -0.2) is 0 Å². The maximum absolute atomic E-state index is 6.60. The lowest BCUT2D eigenvalue weighted by Gasteiger charge is -2.46. The molecule has 2 aromatic heterocycles. The molecule has 0 atom stereocenters. The highest BCUT2D eigenvalue weighted by atomic mass is 32.2. The molecule has 12 aromatic rings. The van der Waals surface area contributed by atoms with E-state index in [0.29, 0.717) is 0 Å². The molecule has 3 heterocycles. The van der Waals surface area contributed by atoms with Gasteiger partial charge in [0, 0.05) is 59.9 Å². The van der Waals surface area contributed by atoms with E-state index >= 15 is 0 Å². The minimum Gasteiger partial charge on any atom is -0.456 e. The average Bonchev–Trinajstić information content (AvgIpc) is 3.89. The van der Waals surface area contributed by atoms with Crippen molar-refractivity contribution in [1.29, 1.82) is 0 Å². The van der Waals surface area contributed by atoms with Crippen LogP contribution in [0.1, 0.15) is 22.3 Å². The summed E-state index contributed by atoms with van der Waals surface area (Å²) in [5.74, 6) is 0. The number of anilines is 3. The highest BCUT2D eigenvalue weighted by molar-refractivity contribution is 7.99. The monoisotopic (exact) mass is 820 g/mol. The molecule has 1 aliphatic carbocycles. The summed E-state index contributed by atoms with van der Waals surface area (Å²) in [6, 6.07) is 80.4. The summed E-state index contributed by atoms with van der Waals surface area (Å²) in [7, 11) is 0. The first-order valence-electron chi connectivity index (χ1n) is 21.6. The third-order valence-electron chi connectivity index (χ3n) is 13.6. The van der Waals surface area contributed by atoms with Crippen LogP contribution in [0, 0.1) is 0 Å². The molecule has 1 aliphatic heterocycles. The molecular weight excluding hydrogens is 785 g/mol. The fourth-order valence-corrected chi connectivity index (χ4v) is 12.3. The van der Waals surface area contributed by atoms with Gasteiger partial charge < -0.3 is 13.9 Å². The van der Waals surface area contributed by atoms with E-state index in [2.05, 4.69) is 222 Å². The molecule has 10 aromatic carbocycles. The molecule has 0 N–H and O–H groups in total. The van der Waals surface area contributed by atoms with Crippen LogP contribution in [0.15, 0.2) is 233 Å². The highest BCUT2D eigenvalue weighted by Gasteiger charge is 2.48. The highest BCUT2D eigenvalue weighted by Crippen LogP contribution is 2.62. The lowest BCUT2D eigenvalue weighted by atomic mass is 9.59. The molecule has 0 saturated carbocycles. The lowest BCUT2D eigenvalue weighted by molar-refractivity contribution is 0.669. The van der Waals surface area contributed by atoms with E-state index in [1.165, 1.54) is 75.7 Å². The van der Waals surface area contributed by atoms with Crippen molar-refractivity contribution in [3.63, 3.8) is 0 Å². The summed E-state index contributed by atoms with van der Waals surface area (Å²) in [5.41, 5.74) is 15.8. The predicted octanol–water partition coefficient (Wildman–Crippen LogP) is 16.1. The van der Waals surface area contributed by atoms with Crippen LogP contribution in [0.4, 0.5) is 17.1 Å². The van der Waals surface area contributed by atoms with E-state index in [4.69, 9.17) is 4.42 Å². The number of hydrogen-bond donors (Lipinski definition) is 0. The minimum atomic E-state index is -0.518. The van der Waals surface area contributed by atoms with Crippen LogP contribution in [0.25, 0.3) is 71.3 Å². The number of hydrogen-bond acceptors (Lipinski definition) is 3. The molecule has 14 rings (SSSR count). The van der Waals surface area contributed by atoms with Crippen LogP contribution in [-0.2, 0) is 5.41 Å². The second-order valence-corrected chi connectivity index (χ2v) is 17.8. The van der Waals surface area contributed by atoms with Gasteiger partial charge in [-0.1, -0.05) is 151 Å². The molecule has 1 spiro atoms. The van der Waals surface area contributed by atoms with Gasteiger partial charge in [-0.3, -0.25) is 0 Å². The zero-order chi connectivity index (χ0) is 41.2. The summed E-state index contributed by atoms with van der Waals surface area (Å²) >= 11 is 1.88. The molecule has 4 heteroatoms. The Hall–Kier alpha value is -7.79. The van der Waals surface area contributed by atoms with Gasteiger partial charge in [0.25, 0.3) is 0 Å². The number of benzene rings is 10. The summed E-state index contributed by atoms with van der Waals surface area (Å²) in [5, 5.41) is 7.13. The van der Waals surface area contributed by atoms with Crippen molar-refractivity contribution in [2.45, 2.75) is 15.2 Å². The van der Waals surface area contributed by atoms with Crippen LogP contribution in [0.5, 0.6) is 0 Å². The van der Waals surface area contributed by atoms with Gasteiger partial charge in [-0.05, 0) is 112 Å². The Labute approximate surface area is 368 Å². The van der Waals surface area contributed by atoms with Crippen LogP contribution in [-0.4, -0.2) is 4.57 Å². The first kappa shape index (κ1) is 34.9. The molecule has 0 unspecified atom stereocenters. The molecule has 0 amide bonds.